The molecule has 1 aliphatic rings. The topological polar surface area (TPSA) is 57.7 Å². The number of carbonyl (C=O) groups is 1. The van der Waals surface area contributed by atoms with Crippen LogP contribution in [-0.4, -0.2) is 43.7 Å². The zero-order valence-corrected chi connectivity index (χ0v) is 16.9. The number of hydrogen-bond donors (Lipinski definition) is 0. The van der Waals surface area contributed by atoms with E-state index in [0.29, 0.717) is 25.2 Å². The number of rotatable bonds is 5. The first-order valence-corrected chi connectivity index (χ1v) is 11.2. The lowest BCUT2D eigenvalue weighted by Gasteiger charge is -2.26. The molecule has 1 amide bonds. The van der Waals surface area contributed by atoms with Crippen LogP contribution < -0.4 is 0 Å². The van der Waals surface area contributed by atoms with Crippen molar-refractivity contribution < 1.29 is 13.2 Å². The molecule has 26 heavy (non-hydrogen) atoms. The standard InChI is InChI=1S/C18H21ClN2O3S2/c1-20(12-14-7-10-25-13-14)18(22)15-5-6-16(19)17(11-15)26(23,24)21-8-3-2-4-9-21/h5-7,10-11,13H,2-4,8-9,12H2,1H3. The first-order valence-electron chi connectivity index (χ1n) is 8.46. The van der Waals surface area contributed by atoms with Gasteiger partial charge in [-0.3, -0.25) is 4.79 Å². The number of thiophene rings is 1. The number of hydrogen-bond acceptors (Lipinski definition) is 4. The first kappa shape index (κ1) is 19.4. The van der Waals surface area contributed by atoms with Crippen molar-refractivity contribution in [1.29, 1.82) is 0 Å². The van der Waals surface area contributed by atoms with Gasteiger partial charge in [-0.1, -0.05) is 18.0 Å². The van der Waals surface area contributed by atoms with Gasteiger partial charge in [0.15, 0.2) is 0 Å². The van der Waals surface area contributed by atoms with E-state index in [1.54, 1.807) is 29.4 Å². The molecule has 0 unspecified atom stereocenters. The van der Waals surface area contributed by atoms with Gasteiger partial charge in [0.1, 0.15) is 4.90 Å². The van der Waals surface area contributed by atoms with Gasteiger partial charge in [0, 0.05) is 32.2 Å². The van der Waals surface area contributed by atoms with E-state index in [1.807, 2.05) is 16.8 Å². The summed E-state index contributed by atoms with van der Waals surface area (Å²) in [7, 11) is -1.99. The molecule has 1 aliphatic heterocycles. The van der Waals surface area contributed by atoms with Gasteiger partial charge in [-0.15, -0.1) is 0 Å². The SMILES string of the molecule is CN(Cc1ccsc1)C(=O)c1ccc(Cl)c(S(=O)(=O)N2CCCCC2)c1. The average Bonchev–Trinajstić information content (AvgIpc) is 3.15. The minimum Gasteiger partial charge on any atom is -0.337 e. The molecule has 8 heteroatoms. The van der Waals surface area contributed by atoms with Crippen molar-refractivity contribution in [2.24, 2.45) is 0 Å². The molecule has 0 N–H and O–H groups in total. The Morgan fingerprint density at radius 3 is 2.62 bits per heavy atom. The minimum atomic E-state index is -3.69. The summed E-state index contributed by atoms with van der Waals surface area (Å²) in [6, 6.07) is 6.43. The third-order valence-electron chi connectivity index (χ3n) is 4.46. The van der Waals surface area contributed by atoms with Crippen LogP contribution in [0.2, 0.25) is 5.02 Å². The van der Waals surface area contributed by atoms with Crippen molar-refractivity contribution in [2.75, 3.05) is 20.1 Å². The number of nitrogens with zero attached hydrogens (tertiary/aromatic N) is 2. The third-order valence-corrected chi connectivity index (χ3v) is 7.57. The van der Waals surface area contributed by atoms with Gasteiger partial charge in [0.2, 0.25) is 10.0 Å². The smallest absolute Gasteiger partial charge is 0.253 e. The van der Waals surface area contributed by atoms with Gasteiger partial charge in [0.25, 0.3) is 5.91 Å². The van der Waals surface area contributed by atoms with E-state index in [0.717, 1.165) is 24.8 Å². The quantitative estimate of drug-likeness (QED) is 0.749. The molecule has 0 aliphatic carbocycles. The molecule has 5 nitrogen and oxygen atoms in total. The van der Waals surface area contributed by atoms with Crippen LogP contribution in [0.5, 0.6) is 0 Å². The zero-order valence-electron chi connectivity index (χ0n) is 14.5. The maximum Gasteiger partial charge on any atom is 0.253 e. The molecule has 2 heterocycles. The van der Waals surface area contributed by atoms with Gasteiger partial charge in [-0.05, 0) is 53.4 Å². The number of sulfonamides is 1. The summed E-state index contributed by atoms with van der Waals surface area (Å²) >= 11 is 7.74. The second-order valence-corrected chi connectivity index (χ2v) is 9.50. The summed E-state index contributed by atoms with van der Waals surface area (Å²) < 4.78 is 27.3. The molecule has 1 saturated heterocycles. The van der Waals surface area contributed by atoms with E-state index in [1.165, 1.54) is 16.4 Å². The molecule has 0 atom stereocenters. The summed E-state index contributed by atoms with van der Waals surface area (Å²) in [5.74, 6) is -0.233. The Hall–Kier alpha value is -1.41. The molecule has 1 aromatic heterocycles. The van der Waals surface area contributed by atoms with Crippen LogP contribution in [0.3, 0.4) is 0 Å². The Balaban J connectivity index is 1.86. The number of carbonyl (C=O) groups excluding carboxylic acids is 1. The summed E-state index contributed by atoms with van der Waals surface area (Å²) in [5, 5.41) is 4.09. The summed E-state index contributed by atoms with van der Waals surface area (Å²) in [6.07, 6.45) is 2.73. The van der Waals surface area contributed by atoms with E-state index in [4.69, 9.17) is 11.6 Å². The lowest BCUT2D eigenvalue weighted by molar-refractivity contribution is 0.0785. The fourth-order valence-electron chi connectivity index (χ4n) is 3.03. The third kappa shape index (κ3) is 4.11. The van der Waals surface area contributed by atoms with Crippen molar-refractivity contribution in [3.8, 4) is 0 Å². The maximum absolute atomic E-state index is 12.9. The monoisotopic (exact) mass is 412 g/mol. The van der Waals surface area contributed by atoms with Crippen LogP contribution >= 0.6 is 22.9 Å². The van der Waals surface area contributed by atoms with E-state index >= 15 is 0 Å². The number of halogens is 1. The summed E-state index contributed by atoms with van der Waals surface area (Å²) in [4.78, 5) is 14.3. The number of amides is 1. The average molecular weight is 413 g/mol. The highest BCUT2D eigenvalue weighted by Crippen LogP contribution is 2.28. The van der Waals surface area contributed by atoms with Crippen molar-refractivity contribution in [3.63, 3.8) is 0 Å². The number of piperidine rings is 1. The molecule has 2 aromatic rings. The lowest BCUT2D eigenvalue weighted by Crippen LogP contribution is -2.36. The largest absolute Gasteiger partial charge is 0.337 e. The van der Waals surface area contributed by atoms with Crippen LogP contribution in [0.4, 0.5) is 0 Å². The first-order chi connectivity index (χ1) is 12.4. The van der Waals surface area contributed by atoms with Gasteiger partial charge in [0.05, 0.1) is 5.02 Å². The zero-order chi connectivity index (χ0) is 18.7. The molecule has 0 spiro atoms. The van der Waals surface area contributed by atoms with Crippen LogP contribution in [0.25, 0.3) is 0 Å². The Bertz CT molecular complexity index is 876. The molecule has 0 saturated carbocycles. The van der Waals surface area contributed by atoms with Crippen LogP contribution in [0.15, 0.2) is 39.9 Å². The fraction of sp³-hybridized carbons (Fsp3) is 0.389. The van der Waals surface area contributed by atoms with Crippen molar-refractivity contribution in [2.45, 2.75) is 30.7 Å². The van der Waals surface area contributed by atoms with E-state index in [9.17, 15) is 13.2 Å². The molecule has 0 radical (unpaired) electrons. The van der Waals surface area contributed by atoms with Gasteiger partial charge < -0.3 is 4.90 Å². The summed E-state index contributed by atoms with van der Waals surface area (Å²) in [6.45, 7) is 1.46. The van der Waals surface area contributed by atoms with E-state index < -0.39 is 10.0 Å². The van der Waals surface area contributed by atoms with Crippen LogP contribution in [-0.2, 0) is 16.6 Å². The van der Waals surface area contributed by atoms with Crippen molar-refractivity contribution in [3.05, 3.63) is 51.2 Å². The molecule has 3 rings (SSSR count). The molecule has 0 bridgehead atoms. The molecule has 1 aromatic carbocycles. The normalized spacial score (nSPS) is 15.8. The Kier molecular flexibility index (Phi) is 6.02. The van der Waals surface area contributed by atoms with Gasteiger partial charge in [-0.25, -0.2) is 8.42 Å². The molecule has 1 fully saturated rings. The summed E-state index contributed by atoms with van der Waals surface area (Å²) in [5.41, 5.74) is 1.36. The minimum absolute atomic E-state index is 0.0100. The highest BCUT2D eigenvalue weighted by atomic mass is 35.5. The van der Waals surface area contributed by atoms with Crippen molar-refractivity contribution in [1.82, 2.24) is 9.21 Å². The second-order valence-electron chi connectivity index (χ2n) is 6.40. The van der Waals surface area contributed by atoms with E-state index in [-0.39, 0.29) is 15.8 Å². The molecule has 140 valence electrons. The lowest BCUT2D eigenvalue weighted by atomic mass is 10.2. The highest BCUT2D eigenvalue weighted by molar-refractivity contribution is 7.89. The molecular weight excluding hydrogens is 392 g/mol. The molecular formula is C18H21ClN2O3S2. The predicted octanol–water partition coefficient (Wildman–Crippen LogP) is 3.85. The number of benzene rings is 1. The Morgan fingerprint density at radius 1 is 1.23 bits per heavy atom. The fourth-order valence-corrected chi connectivity index (χ4v) is 5.70. The van der Waals surface area contributed by atoms with Crippen molar-refractivity contribution >= 4 is 38.9 Å². The highest BCUT2D eigenvalue weighted by Gasteiger charge is 2.29. The van der Waals surface area contributed by atoms with Crippen LogP contribution in [0.1, 0.15) is 35.2 Å². The van der Waals surface area contributed by atoms with Crippen LogP contribution in [0, 0.1) is 0 Å². The van der Waals surface area contributed by atoms with E-state index in [2.05, 4.69) is 0 Å². The maximum atomic E-state index is 12.9. The van der Waals surface area contributed by atoms with Gasteiger partial charge >= 0.3 is 0 Å². The second kappa shape index (κ2) is 8.08. The Morgan fingerprint density at radius 2 is 1.96 bits per heavy atom. The van der Waals surface area contributed by atoms with Gasteiger partial charge in [-0.2, -0.15) is 15.6 Å². The Labute approximate surface area is 163 Å². The predicted molar refractivity (Wildman–Crippen MR) is 104 cm³/mol.